The molecule has 0 heterocycles. The molecule has 0 aliphatic heterocycles. The molecule has 214 valence electrons. The molecule has 40 heavy (non-hydrogen) atoms. The third-order valence-electron chi connectivity index (χ3n) is 6.75. The first kappa shape index (κ1) is 31.2. The van der Waals surface area contributed by atoms with E-state index in [1.807, 2.05) is 52.8 Å². The zero-order valence-electron chi connectivity index (χ0n) is 23.8. The number of carbonyl (C=O) groups excluding carboxylic acids is 2. The third kappa shape index (κ3) is 7.43. The summed E-state index contributed by atoms with van der Waals surface area (Å²) >= 11 is 6.44. The van der Waals surface area contributed by atoms with E-state index >= 15 is 0 Å². The number of amides is 2. The molecular formula is C31H38ClN3O4S. The molecule has 0 aliphatic rings. The van der Waals surface area contributed by atoms with E-state index in [9.17, 15) is 18.0 Å². The number of aryl methyl sites for hydroxylation is 3. The molecule has 0 unspecified atom stereocenters. The van der Waals surface area contributed by atoms with Gasteiger partial charge in [0, 0.05) is 18.1 Å². The van der Waals surface area contributed by atoms with E-state index in [-0.39, 0.29) is 17.3 Å². The lowest BCUT2D eigenvalue weighted by molar-refractivity contribution is -0.140. The number of halogens is 1. The minimum Gasteiger partial charge on any atom is -0.354 e. The fourth-order valence-electron chi connectivity index (χ4n) is 4.43. The Labute approximate surface area is 243 Å². The molecule has 7 nitrogen and oxygen atoms in total. The van der Waals surface area contributed by atoms with Crippen LogP contribution in [0.2, 0.25) is 5.02 Å². The van der Waals surface area contributed by atoms with Gasteiger partial charge < -0.3 is 10.2 Å². The number of nitrogens with one attached hydrogen (secondary N) is 1. The summed E-state index contributed by atoms with van der Waals surface area (Å²) in [5.74, 6) is -0.792. The van der Waals surface area contributed by atoms with Crippen LogP contribution in [0.5, 0.6) is 0 Å². The van der Waals surface area contributed by atoms with Crippen molar-refractivity contribution in [3.63, 3.8) is 0 Å². The van der Waals surface area contributed by atoms with Crippen LogP contribution in [0, 0.1) is 20.8 Å². The highest BCUT2D eigenvalue weighted by Gasteiger charge is 2.34. The molecule has 0 fully saturated rings. The van der Waals surface area contributed by atoms with Crippen LogP contribution in [0.15, 0.2) is 71.6 Å². The highest BCUT2D eigenvalue weighted by molar-refractivity contribution is 7.92. The minimum absolute atomic E-state index is 0.0573. The zero-order chi connectivity index (χ0) is 29.4. The van der Waals surface area contributed by atoms with Crippen molar-refractivity contribution in [2.24, 2.45) is 0 Å². The van der Waals surface area contributed by atoms with Crippen LogP contribution in [0.25, 0.3) is 0 Å². The van der Waals surface area contributed by atoms with Gasteiger partial charge in [-0.05, 0) is 74.6 Å². The van der Waals surface area contributed by atoms with Crippen molar-refractivity contribution in [1.29, 1.82) is 0 Å². The molecule has 0 saturated heterocycles. The highest BCUT2D eigenvalue weighted by atomic mass is 35.5. The van der Waals surface area contributed by atoms with Crippen LogP contribution in [0.3, 0.4) is 0 Å². The van der Waals surface area contributed by atoms with Crippen LogP contribution < -0.4 is 9.62 Å². The fraction of sp³-hybridized carbons (Fsp3) is 0.355. The molecule has 0 aromatic heterocycles. The highest BCUT2D eigenvalue weighted by Crippen LogP contribution is 2.29. The van der Waals surface area contributed by atoms with Gasteiger partial charge in [0.05, 0.1) is 10.6 Å². The van der Waals surface area contributed by atoms with Crippen molar-refractivity contribution in [3.8, 4) is 0 Å². The molecule has 1 atom stereocenters. The lowest BCUT2D eigenvalue weighted by atomic mass is 10.1. The number of nitrogens with zero attached hydrogens (tertiary/aromatic N) is 2. The van der Waals surface area contributed by atoms with E-state index in [1.54, 1.807) is 48.5 Å². The average molecular weight is 584 g/mol. The van der Waals surface area contributed by atoms with Crippen molar-refractivity contribution in [2.75, 3.05) is 17.4 Å². The first-order chi connectivity index (χ1) is 19.0. The molecule has 0 bridgehead atoms. The predicted octanol–water partition coefficient (Wildman–Crippen LogP) is 5.79. The predicted molar refractivity (Wildman–Crippen MR) is 161 cm³/mol. The topological polar surface area (TPSA) is 86.8 Å². The van der Waals surface area contributed by atoms with E-state index in [4.69, 9.17) is 11.6 Å². The molecule has 9 heteroatoms. The molecule has 0 radical (unpaired) electrons. The first-order valence-electron chi connectivity index (χ1n) is 13.5. The van der Waals surface area contributed by atoms with Gasteiger partial charge in [0.2, 0.25) is 11.8 Å². The SMILES string of the molecule is CCCNC(=O)[C@@H](CC)N(Cc1ccccc1Cl)C(=O)CN(c1cc(C)ccc1C)S(=O)(=O)c1ccc(C)cc1. The number of hydrogen-bond acceptors (Lipinski definition) is 4. The number of hydrogen-bond donors (Lipinski definition) is 1. The number of anilines is 1. The van der Waals surface area contributed by atoms with Crippen LogP contribution >= 0.6 is 11.6 Å². The van der Waals surface area contributed by atoms with E-state index in [2.05, 4.69) is 5.32 Å². The summed E-state index contributed by atoms with van der Waals surface area (Å²) in [6.07, 6.45) is 1.09. The van der Waals surface area contributed by atoms with Crippen molar-refractivity contribution in [3.05, 3.63) is 94.0 Å². The van der Waals surface area contributed by atoms with Gasteiger partial charge in [0.25, 0.3) is 10.0 Å². The van der Waals surface area contributed by atoms with Crippen molar-refractivity contribution in [2.45, 2.75) is 64.9 Å². The summed E-state index contributed by atoms with van der Waals surface area (Å²) in [6.45, 7) is 9.38. The van der Waals surface area contributed by atoms with Crippen molar-refractivity contribution >= 4 is 39.1 Å². The summed E-state index contributed by atoms with van der Waals surface area (Å²) in [5.41, 5.74) is 3.56. The molecule has 0 saturated carbocycles. The first-order valence-corrected chi connectivity index (χ1v) is 15.3. The maximum absolute atomic E-state index is 14.1. The Kier molecular flexibility index (Phi) is 10.8. The minimum atomic E-state index is -4.13. The van der Waals surface area contributed by atoms with E-state index in [0.717, 1.165) is 21.9 Å². The molecule has 0 spiro atoms. The van der Waals surface area contributed by atoms with Gasteiger partial charge in [-0.3, -0.25) is 13.9 Å². The summed E-state index contributed by atoms with van der Waals surface area (Å²) in [5, 5.41) is 3.35. The Morgan fingerprint density at radius 2 is 1.57 bits per heavy atom. The number of rotatable bonds is 12. The second kappa shape index (κ2) is 13.8. The van der Waals surface area contributed by atoms with Crippen molar-refractivity contribution in [1.82, 2.24) is 10.2 Å². The van der Waals surface area contributed by atoms with Gasteiger partial charge in [0.1, 0.15) is 12.6 Å². The largest absolute Gasteiger partial charge is 0.354 e. The molecular weight excluding hydrogens is 546 g/mol. The monoisotopic (exact) mass is 583 g/mol. The number of benzene rings is 3. The fourth-order valence-corrected chi connectivity index (χ4v) is 6.10. The second-order valence-electron chi connectivity index (χ2n) is 9.94. The molecule has 1 N–H and O–H groups in total. The van der Waals surface area contributed by atoms with Crippen molar-refractivity contribution < 1.29 is 18.0 Å². The summed E-state index contributed by atoms with van der Waals surface area (Å²) in [4.78, 5) is 28.9. The maximum Gasteiger partial charge on any atom is 0.264 e. The van der Waals surface area contributed by atoms with Gasteiger partial charge in [-0.15, -0.1) is 0 Å². The molecule has 3 aromatic rings. The molecule has 2 amide bonds. The Bertz CT molecular complexity index is 1440. The lowest BCUT2D eigenvalue weighted by Crippen LogP contribution is -2.52. The van der Waals surface area contributed by atoms with Gasteiger partial charge in [-0.1, -0.05) is 73.5 Å². The Balaban J connectivity index is 2.11. The average Bonchev–Trinajstić information content (AvgIpc) is 2.93. The van der Waals surface area contributed by atoms with Crippen LogP contribution in [-0.2, 0) is 26.2 Å². The Hall–Kier alpha value is -3.36. The van der Waals surface area contributed by atoms with Gasteiger partial charge in [-0.25, -0.2) is 8.42 Å². The van der Waals surface area contributed by atoms with Gasteiger partial charge in [-0.2, -0.15) is 0 Å². The van der Waals surface area contributed by atoms with Gasteiger partial charge in [0.15, 0.2) is 0 Å². The third-order valence-corrected chi connectivity index (χ3v) is 8.90. The summed E-state index contributed by atoms with van der Waals surface area (Å²) < 4.78 is 29.2. The quantitative estimate of drug-likeness (QED) is 0.292. The summed E-state index contributed by atoms with van der Waals surface area (Å²) in [7, 11) is -4.13. The second-order valence-corrected chi connectivity index (χ2v) is 12.2. The number of carbonyl (C=O) groups is 2. The number of sulfonamides is 1. The lowest BCUT2D eigenvalue weighted by Gasteiger charge is -2.33. The molecule has 3 rings (SSSR count). The van der Waals surface area contributed by atoms with E-state index in [0.29, 0.717) is 34.8 Å². The van der Waals surface area contributed by atoms with E-state index < -0.39 is 28.5 Å². The smallest absolute Gasteiger partial charge is 0.264 e. The Morgan fingerprint density at radius 1 is 0.925 bits per heavy atom. The zero-order valence-corrected chi connectivity index (χ0v) is 25.3. The van der Waals surface area contributed by atoms with Crippen LogP contribution in [0.4, 0.5) is 5.69 Å². The standard InChI is InChI=1S/C31H38ClN3O4S/c1-6-18-33-31(37)28(7-2)34(20-25-10-8-9-11-27(25)32)30(36)21-35(29-19-23(4)12-15-24(29)5)40(38,39)26-16-13-22(3)14-17-26/h8-17,19,28H,6-7,18,20-21H2,1-5H3,(H,33,37)/t28-/m1/s1. The normalized spacial score (nSPS) is 12.1. The van der Waals surface area contributed by atoms with Crippen LogP contribution in [-0.4, -0.2) is 44.3 Å². The summed E-state index contributed by atoms with van der Waals surface area (Å²) in [6, 6.07) is 18.3. The van der Waals surface area contributed by atoms with E-state index in [1.165, 1.54) is 4.90 Å². The molecule has 0 aliphatic carbocycles. The van der Waals surface area contributed by atoms with Gasteiger partial charge >= 0.3 is 0 Å². The van der Waals surface area contributed by atoms with Crippen LogP contribution in [0.1, 0.15) is 48.9 Å². The maximum atomic E-state index is 14.1. The Morgan fingerprint density at radius 3 is 2.20 bits per heavy atom. The molecule has 3 aromatic carbocycles.